The monoisotopic (exact) mass is 479 g/mol. The lowest BCUT2D eigenvalue weighted by molar-refractivity contribution is -0.146. The highest BCUT2D eigenvalue weighted by molar-refractivity contribution is 5.79. The summed E-state index contributed by atoms with van der Waals surface area (Å²) in [6.07, 6.45) is 0.320. The molecule has 0 amide bonds. The van der Waals surface area contributed by atoms with Crippen LogP contribution in [0.25, 0.3) is 21.9 Å². The first-order chi connectivity index (χ1) is 17.3. The fourth-order valence-corrected chi connectivity index (χ4v) is 4.34. The van der Waals surface area contributed by atoms with Crippen LogP contribution in [0.15, 0.2) is 78.9 Å². The standard InChI is InChI=1S/C30H29N3O3/c1-20-8-4-5-10-22(20)18-33-27-15-14-24(16-26(27)32-28(33)17-30(2,3)29(34)35)36-19-23-13-12-21-9-6-7-11-25(21)31-23/h4-16H,17-19H2,1-3H3,(H,34,35). The van der Waals surface area contributed by atoms with Crippen LogP contribution in [0.3, 0.4) is 0 Å². The van der Waals surface area contributed by atoms with Gasteiger partial charge in [-0.2, -0.15) is 0 Å². The number of fused-ring (bicyclic) bond motifs is 2. The molecule has 6 nitrogen and oxygen atoms in total. The maximum absolute atomic E-state index is 11.9. The zero-order valence-electron chi connectivity index (χ0n) is 20.7. The predicted octanol–water partition coefficient (Wildman–Crippen LogP) is 6.17. The van der Waals surface area contributed by atoms with E-state index in [2.05, 4.69) is 28.6 Å². The molecule has 2 aromatic heterocycles. The maximum Gasteiger partial charge on any atom is 0.309 e. The van der Waals surface area contributed by atoms with Crippen LogP contribution in [0.2, 0.25) is 0 Å². The topological polar surface area (TPSA) is 77.2 Å². The van der Waals surface area contributed by atoms with E-state index in [-0.39, 0.29) is 0 Å². The number of carboxylic acids is 1. The molecule has 0 saturated heterocycles. The summed E-state index contributed by atoms with van der Waals surface area (Å²) in [5, 5.41) is 10.8. The summed E-state index contributed by atoms with van der Waals surface area (Å²) in [6.45, 7) is 6.52. The van der Waals surface area contributed by atoms with E-state index in [1.165, 1.54) is 11.1 Å². The Morgan fingerprint density at radius 3 is 2.53 bits per heavy atom. The van der Waals surface area contributed by atoms with E-state index in [0.29, 0.717) is 25.3 Å². The third-order valence-electron chi connectivity index (χ3n) is 6.61. The molecule has 36 heavy (non-hydrogen) atoms. The van der Waals surface area contributed by atoms with Crippen molar-refractivity contribution in [2.45, 2.75) is 40.3 Å². The summed E-state index contributed by atoms with van der Waals surface area (Å²) < 4.78 is 8.19. The second-order valence-corrected chi connectivity index (χ2v) is 9.84. The molecule has 0 aliphatic heterocycles. The van der Waals surface area contributed by atoms with Crippen LogP contribution in [-0.4, -0.2) is 25.6 Å². The third-order valence-corrected chi connectivity index (χ3v) is 6.61. The number of nitrogens with zero attached hydrogens (tertiary/aromatic N) is 3. The van der Waals surface area contributed by atoms with Crippen molar-refractivity contribution in [2.24, 2.45) is 5.41 Å². The van der Waals surface area contributed by atoms with E-state index in [9.17, 15) is 9.90 Å². The Labute approximate surface area is 210 Å². The molecule has 0 aliphatic rings. The quantitative estimate of drug-likeness (QED) is 0.288. The molecule has 2 heterocycles. The average molecular weight is 480 g/mol. The molecule has 5 rings (SSSR count). The van der Waals surface area contributed by atoms with Crippen LogP contribution in [-0.2, 0) is 24.4 Å². The van der Waals surface area contributed by atoms with Crippen molar-refractivity contribution in [2.75, 3.05) is 0 Å². The zero-order chi connectivity index (χ0) is 25.3. The number of carbonyl (C=O) groups is 1. The van der Waals surface area contributed by atoms with Gasteiger partial charge in [-0.25, -0.2) is 9.97 Å². The molecule has 182 valence electrons. The minimum atomic E-state index is -0.939. The molecule has 0 atom stereocenters. The molecule has 0 spiro atoms. The normalized spacial score (nSPS) is 11.8. The molecule has 3 aromatic carbocycles. The number of aliphatic carboxylic acids is 1. The molecule has 0 bridgehead atoms. The van der Waals surface area contributed by atoms with E-state index in [1.807, 2.05) is 66.7 Å². The number of pyridine rings is 1. The van der Waals surface area contributed by atoms with Crippen molar-refractivity contribution in [1.82, 2.24) is 14.5 Å². The highest BCUT2D eigenvalue weighted by Gasteiger charge is 2.30. The largest absolute Gasteiger partial charge is 0.487 e. The minimum absolute atomic E-state index is 0.320. The molecule has 0 unspecified atom stereocenters. The maximum atomic E-state index is 11.9. The first-order valence-corrected chi connectivity index (χ1v) is 12.0. The molecular weight excluding hydrogens is 450 g/mol. The van der Waals surface area contributed by atoms with Gasteiger partial charge in [0.1, 0.15) is 18.2 Å². The number of rotatable bonds is 8. The molecular formula is C30H29N3O3. The molecule has 0 fully saturated rings. The summed E-state index contributed by atoms with van der Waals surface area (Å²) in [4.78, 5) is 21.4. The Bertz CT molecular complexity index is 1570. The first kappa shape index (κ1) is 23.5. The first-order valence-electron chi connectivity index (χ1n) is 12.0. The molecule has 0 radical (unpaired) electrons. The smallest absolute Gasteiger partial charge is 0.309 e. The van der Waals surface area contributed by atoms with Crippen LogP contribution < -0.4 is 4.74 Å². The van der Waals surface area contributed by atoms with E-state index in [0.717, 1.165) is 33.5 Å². The summed E-state index contributed by atoms with van der Waals surface area (Å²) in [7, 11) is 0. The molecule has 6 heteroatoms. The average Bonchev–Trinajstić information content (AvgIpc) is 3.19. The van der Waals surface area contributed by atoms with Gasteiger partial charge in [-0.3, -0.25) is 4.79 Å². The van der Waals surface area contributed by atoms with Crippen LogP contribution in [0, 0.1) is 12.3 Å². The van der Waals surface area contributed by atoms with Crippen LogP contribution in [0.1, 0.15) is 36.5 Å². The predicted molar refractivity (Wildman–Crippen MR) is 141 cm³/mol. The fourth-order valence-electron chi connectivity index (χ4n) is 4.34. The van der Waals surface area contributed by atoms with E-state index in [1.54, 1.807) is 13.8 Å². The molecule has 0 saturated carbocycles. The van der Waals surface area contributed by atoms with Crippen molar-refractivity contribution in [3.05, 3.63) is 102 Å². The Kier molecular flexibility index (Phi) is 6.18. The number of carboxylic acid groups (broad SMARTS) is 1. The lowest BCUT2D eigenvalue weighted by atomic mass is 9.89. The van der Waals surface area contributed by atoms with Crippen molar-refractivity contribution >= 4 is 27.9 Å². The second kappa shape index (κ2) is 9.46. The van der Waals surface area contributed by atoms with Gasteiger partial charge in [0.25, 0.3) is 0 Å². The lowest BCUT2D eigenvalue weighted by Crippen LogP contribution is -2.28. The summed E-state index contributed by atoms with van der Waals surface area (Å²) >= 11 is 0. The van der Waals surface area contributed by atoms with Gasteiger partial charge in [0, 0.05) is 24.4 Å². The van der Waals surface area contributed by atoms with Gasteiger partial charge in [-0.1, -0.05) is 48.5 Å². The number of hydrogen-bond acceptors (Lipinski definition) is 4. The van der Waals surface area contributed by atoms with E-state index < -0.39 is 11.4 Å². The van der Waals surface area contributed by atoms with Crippen LogP contribution >= 0.6 is 0 Å². The van der Waals surface area contributed by atoms with Gasteiger partial charge >= 0.3 is 5.97 Å². The van der Waals surface area contributed by atoms with Crippen molar-refractivity contribution in [3.63, 3.8) is 0 Å². The molecule has 1 N–H and O–H groups in total. The second-order valence-electron chi connectivity index (χ2n) is 9.84. The Morgan fingerprint density at radius 1 is 0.944 bits per heavy atom. The Morgan fingerprint density at radius 2 is 1.72 bits per heavy atom. The Balaban J connectivity index is 1.46. The Hall–Kier alpha value is -4.19. The number of imidazole rings is 1. The van der Waals surface area contributed by atoms with Gasteiger partial charge < -0.3 is 14.4 Å². The van der Waals surface area contributed by atoms with E-state index >= 15 is 0 Å². The summed E-state index contributed by atoms with van der Waals surface area (Å²) in [6, 6.07) is 26.1. The van der Waals surface area contributed by atoms with Crippen LogP contribution in [0.5, 0.6) is 5.75 Å². The van der Waals surface area contributed by atoms with Gasteiger partial charge in [-0.05, 0) is 56.2 Å². The zero-order valence-corrected chi connectivity index (χ0v) is 20.7. The van der Waals surface area contributed by atoms with Crippen molar-refractivity contribution in [1.29, 1.82) is 0 Å². The highest BCUT2D eigenvalue weighted by Crippen LogP contribution is 2.28. The number of aromatic nitrogens is 3. The van der Waals surface area contributed by atoms with Gasteiger partial charge in [-0.15, -0.1) is 0 Å². The summed E-state index contributed by atoms with van der Waals surface area (Å²) in [5.41, 5.74) is 4.94. The number of aryl methyl sites for hydroxylation is 1. The number of hydrogen-bond donors (Lipinski definition) is 1. The van der Waals surface area contributed by atoms with E-state index in [4.69, 9.17) is 9.72 Å². The number of para-hydroxylation sites is 1. The van der Waals surface area contributed by atoms with Crippen LogP contribution in [0.4, 0.5) is 0 Å². The molecule has 5 aromatic rings. The SMILES string of the molecule is Cc1ccccc1Cn1c(CC(C)(C)C(=O)O)nc2cc(OCc3ccc4ccccc4n3)ccc21. The number of ether oxygens (including phenoxy) is 1. The number of benzene rings is 3. The summed E-state index contributed by atoms with van der Waals surface area (Å²) in [5.74, 6) is 0.597. The van der Waals surface area contributed by atoms with Gasteiger partial charge in [0.05, 0.1) is 27.7 Å². The fraction of sp³-hybridized carbons (Fsp3) is 0.233. The minimum Gasteiger partial charge on any atom is -0.487 e. The van der Waals surface area contributed by atoms with Crippen molar-refractivity contribution in [3.8, 4) is 5.75 Å². The molecule has 0 aliphatic carbocycles. The highest BCUT2D eigenvalue weighted by atomic mass is 16.5. The lowest BCUT2D eigenvalue weighted by Gasteiger charge is -2.20. The van der Waals surface area contributed by atoms with Crippen molar-refractivity contribution < 1.29 is 14.6 Å². The van der Waals surface area contributed by atoms with Gasteiger partial charge in [0.15, 0.2) is 0 Å². The van der Waals surface area contributed by atoms with Gasteiger partial charge in [0.2, 0.25) is 0 Å². The third kappa shape index (κ3) is 4.80.